The van der Waals surface area contributed by atoms with E-state index in [0.717, 1.165) is 56.6 Å². The fourth-order valence-corrected chi connectivity index (χ4v) is 7.18. The first-order chi connectivity index (χ1) is 19.2. The summed E-state index contributed by atoms with van der Waals surface area (Å²) < 4.78 is 0. The molecule has 3 heterocycles. The third kappa shape index (κ3) is 5.17. The number of hydrogen-bond donors (Lipinski definition) is 3. The number of carbonyl (C=O) groups is 2. The summed E-state index contributed by atoms with van der Waals surface area (Å²) in [5.41, 5.74) is 8.61. The molecule has 4 atom stereocenters. The number of aromatic nitrogens is 2. The summed E-state index contributed by atoms with van der Waals surface area (Å²) in [6, 6.07) is 6.02. The van der Waals surface area contributed by atoms with Crippen molar-refractivity contribution in [3.05, 3.63) is 47.1 Å². The molecular weight excluding hydrogens is 526 g/mol. The molecule has 2 fully saturated rings. The van der Waals surface area contributed by atoms with Gasteiger partial charge in [-0.25, -0.2) is 4.98 Å². The predicted octanol–water partition coefficient (Wildman–Crippen LogP) is 4.46. The second kappa shape index (κ2) is 10.7. The van der Waals surface area contributed by atoms with E-state index in [1.807, 2.05) is 17.0 Å². The molecule has 2 aliphatic carbocycles. The van der Waals surface area contributed by atoms with E-state index in [1.165, 1.54) is 5.56 Å². The van der Waals surface area contributed by atoms with Gasteiger partial charge < -0.3 is 21.3 Å². The number of nitrogens with one attached hydrogen (secondary N) is 2. The van der Waals surface area contributed by atoms with E-state index in [-0.39, 0.29) is 41.0 Å². The number of hydrogen-bond acceptors (Lipinski definition) is 7. The van der Waals surface area contributed by atoms with E-state index in [0.29, 0.717) is 29.9 Å². The molecule has 1 aromatic heterocycles. The van der Waals surface area contributed by atoms with Crippen molar-refractivity contribution < 1.29 is 9.59 Å². The van der Waals surface area contributed by atoms with Crippen LogP contribution in [0.4, 0.5) is 23.1 Å². The van der Waals surface area contributed by atoms with E-state index < -0.39 is 0 Å². The fourth-order valence-electron chi connectivity index (χ4n) is 7.04. The van der Waals surface area contributed by atoms with Crippen LogP contribution in [0.5, 0.6) is 0 Å². The van der Waals surface area contributed by atoms with Crippen LogP contribution in [0.15, 0.2) is 36.5 Å². The summed E-state index contributed by atoms with van der Waals surface area (Å²) in [6.07, 6.45) is 11.0. The summed E-state index contributed by atoms with van der Waals surface area (Å²) in [4.78, 5) is 39.0. The molecule has 1 saturated heterocycles. The van der Waals surface area contributed by atoms with Gasteiger partial charge in [0.25, 0.3) is 0 Å². The van der Waals surface area contributed by atoms with Crippen molar-refractivity contribution in [2.75, 3.05) is 41.7 Å². The van der Waals surface area contributed by atoms with Crippen LogP contribution in [0.3, 0.4) is 0 Å². The number of nitrogens with two attached hydrogens (primary N) is 1. The van der Waals surface area contributed by atoms with Crippen LogP contribution >= 0.6 is 11.6 Å². The molecule has 10 heteroatoms. The highest BCUT2D eigenvalue weighted by molar-refractivity contribution is 6.32. The molecule has 9 nitrogen and oxygen atoms in total. The number of likely N-dealkylation sites (tertiary alicyclic amines) is 1. The number of primary amides is 1. The van der Waals surface area contributed by atoms with Gasteiger partial charge in [-0.3, -0.25) is 14.5 Å². The Morgan fingerprint density at radius 3 is 2.67 bits per heavy atom. The van der Waals surface area contributed by atoms with Gasteiger partial charge in [0.15, 0.2) is 5.82 Å². The lowest BCUT2D eigenvalue weighted by atomic mass is 9.80. The lowest BCUT2D eigenvalue weighted by molar-refractivity contribution is -0.122. The molecule has 0 spiro atoms. The molecule has 40 heavy (non-hydrogen) atoms. The molecule has 1 aromatic carbocycles. The Labute approximate surface area is 240 Å². The molecule has 2 bridgehead atoms. The Bertz CT molecular complexity index is 1340. The van der Waals surface area contributed by atoms with Crippen LogP contribution < -0.4 is 21.3 Å². The van der Waals surface area contributed by atoms with Crippen molar-refractivity contribution in [1.82, 2.24) is 14.9 Å². The van der Waals surface area contributed by atoms with E-state index in [9.17, 15) is 9.59 Å². The minimum atomic E-state index is -0.311. The molecule has 212 valence electrons. The normalized spacial score (nSPS) is 26.9. The lowest BCUT2D eigenvalue weighted by Crippen LogP contribution is -2.41. The quantitative estimate of drug-likeness (QED) is 0.426. The molecule has 2 amide bonds. The zero-order valence-electron chi connectivity index (χ0n) is 23.2. The molecule has 0 unspecified atom stereocenters. The molecule has 4 N–H and O–H groups in total. The van der Waals surface area contributed by atoms with Crippen molar-refractivity contribution in [3.63, 3.8) is 0 Å². The SMILES string of the molecule is CC1(C)CCCN(C(=O)CN2CCCC2)c2cc(Nc3ncc(Cl)c(N[C@H]4[C@@H](C(N)=O)[C@@H]5C=C[C@H]4C5)n3)ccc21. The van der Waals surface area contributed by atoms with Crippen molar-refractivity contribution in [3.8, 4) is 0 Å². The number of anilines is 4. The lowest BCUT2D eigenvalue weighted by Gasteiger charge is -2.29. The first kappa shape index (κ1) is 27.0. The monoisotopic (exact) mass is 563 g/mol. The maximum absolute atomic E-state index is 13.5. The minimum absolute atomic E-state index is 0.0452. The Hall–Kier alpha value is -3.17. The molecule has 0 radical (unpaired) electrons. The van der Waals surface area contributed by atoms with Gasteiger partial charge in [-0.05, 0) is 80.1 Å². The van der Waals surface area contributed by atoms with Gasteiger partial charge in [0, 0.05) is 24.0 Å². The van der Waals surface area contributed by atoms with Crippen molar-refractivity contribution in [2.24, 2.45) is 23.5 Å². The first-order valence-corrected chi connectivity index (χ1v) is 14.8. The summed E-state index contributed by atoms with van der Waals surface area (Å²) in [6.45, 7) is 7.63. The molecule has 4 aliphatic rings. The molecule has 1 saturated carbocycles. The van der Waals surface area contributed by atoms with Crippen LogP contribution in [0, 0.1) is 17.8 Å². The third-order valence-corrected chi connectivity index (χ3v) is 9.43. The van der Waals surface area contributed by atoms with Crippen molar-refractivity contribution in [2.45, 2.75) is 57.4 Å². The third-order valence-electron chi connectivity index (χ3n) is 9.15. The maximum Gasteiger partial charge on any atom is 0.241 e. The Kier molecular flexibility index (Phi) is 7.21. The number of benzene rings is 1. The van der Waals surface area contributed by atoms with E-state index >= 15 is 0 Å². The zero-order valence-corrected chi connectivity index (χ0v) is 24.0. The summed E-state index contributed by atoms with van der Waals surface area (Å²) in [5.74, 6) is 0.749. The van der Waals surface area contributed by atoms with E-state index in [4.69, 9.17) is 17.3 Å². The molecule has 6 rings (SSSR count). The predicted molar refractivity (Wildman–Crippen MR) is 158 cm³/mol. The van der Waals surface area contributed by atoms with Crippen LogP contribution in [-0.2, 0) is 15.0 Å². The number of nitrogens with zero attached hydrogens (tertiary/aromatic N) is 4. The Balaban J connectivity index is 1.25. The number of amides is 2. The van der Waals surface area contributed by atoms with Crippen LogP contribution in [-0.4, -0.2) is 58.9 Å². The highest BCUT2D eigenvalue weighted by Crippen LogP contribution is 2.45. The largest absolute Gasteiger partial charge is 0.369 e. The van der Waals surface area contributed by atoms with Gasteiger partial charge in [0.1, 0.15) is 5.02 Å². The second-order valence-corrected chi connectivity index (χ2v) is 12.7. The summed E-state index contributed by atoms with van der Waals surface area (Å²) in [7, 11) is 0. The average Bonchev–Trinajstić information content (AvgIpc) is 3.65. The number of allylic oxidation sites excluding steroid dienone is 1. The Morgan fingerprint density at radius 2 is 1.90 bits per heavy atom. The van der Waals surface area contributed by atoms with Crippen LogP contribution in [0.2, 0.25) is 5.02 Å². The molecule has 2 aliphatic heterocycles. The van der Waals surface area contributed by atoms with Gasteiger partial charge in [0.2, 0.25) is 17.8 Å². The van der Waals surface area contributed by atoms with Gasteiger partial charge in [0.05, 0.1) is 18.7 Å². The zero-order chi connectivity index (χ0) is 28.0. The minimum Gasteiger partial charge on any atom is -0.369 e. The first-order valence-electron chi connectivity index (χ1n) is 14.4. The van der Waals surface area contributed by atoms with Crippen LogP contribution in [0.1, 0.15) is 51.5 Å². The van der Waals surface area contributed by atoms with E-state index in [1.54, 1.807) is 6.20 Å². The highest BCUT2D eigenvalue weighted by Gasteiger charge is 2.47. The van der Waals surface area contributed by atoms with Crippen molar-refractivity contribution >= 4 is 46.6 Å². The number of fused-ring (bicyclic) bond motifs is 3. The molecular formula is C30H38ClN7O2. The summed E-state index contributed by atoms with van der Waals surface area (Å²) in [5, 5.41) is 7.09. The number of halogens is 1. The number of carbonyl (C=O) groups excluding carboxylic acids is 2. The average molecular weight is 564 g/mol. The van der Waals surface area contributed by atoms with Crippen LogP contribution in [0.25, 0.3) is 0 Å². The van der Waals surface area contributed by atoms with Crippen molar-refractivity contribution in [1.29, 1.82) is 0 Å². The van der Waals surface area contributed by atoms with Gasteiger partial charge >= 0.3 is 0 Å². The molecule has 2 aromatic rings. The summed E-state index contributed by atoms with van der Waals surface area (Å²) >= 11 is 6.48. The smallest absolute Gasteiger partial charge is 0.241 e. The highest BCUT2D eigenvalue weighted by atomic mass is 35.5. The topological polar surface area (TPSA) is 116 Å². The standard InChI is InChI=1S/C30H38ClN7O2/c1-30(2)10-5-13-38(24(39)17-37-11-3-4-12-37)23-15-20(8-9-21(23)30)34-29-33-16-22(31)28(36-29)35-26-19-7-6-18(14-19)25(26)27(32)40/h6-9,15-16,18-19,25-26H,3-5,10-14,17H2,1-2H3,(H2,32,40)(H2,33,34,35,36)/t18-,19+,25+,26-/m1/s1. The van der Waals surface area contributed by atoms with Gasteiger partial charge in [-0.15, -0.1) is 0 Å². The Morgan fingerprint density at radius 1 is 1.12 bits per heavy atom. The van der Waals surface area contributed by atoms with E-state index in [2.05, 4.69) is 57.6 Å². The van der Waals surface area contributed by atoms with Gasteiger partial charge in [-0.2, -0.15) is 4.98 Å². The number of rotatable bonds is 7. The maximum atomic E-state index is 13.5. The van der Waals surface area contributed by atoms with Gasteiger partial charge in [-0.1, -0.05) is 43.7 Å². The fraction of sp³-hybridized carbons (Fsp3) is 0.533. The second-order valence-electron chi connectivity index (χ2n) is 12.3.